The standard InChI is InChI=1S/C26H24N2O5S/c1-31-22-12-11-20(14-23(22)32-2)27-15-18(13-17-7-9-19(10-8-17)25(29)30)16-33-26-28-21-5-3-4-6-24(21)34-26/h3-14,27H,15-16H2,1-2H3,(H,29,30). The number of carboxylic acid groups (broad SMARTS) is 1. The van der Waals surface area contributed by atoms with E-state index in [0.717, 1.165) is 27.0 Å². The summed E-state index contributed by atoms with van der Waals surface area (Å²) in [4.78, 5) is 15.7. The van der Waals surface area contributed by atoms with Crippen LogP contribution in [0.15, 0.2) is 72.3 Å². The van der Waals surface area contributed by atoms with Gasteiger partial charge in [-0.25, -0.2) is 9.78 Å². The van der Waals surface area contributed by atoms with Gasteiger partial charge in [0.15, 0.2) is 11.5 Å². The molecule has 0 bridgehead atoms. The van der Waals surface area contributed by atoms with Gasteiger partial charge in [0.05, 0.1) is 30.0 Å². The molecule has 7 nitrogen and oxygen atoms in total. The van der Waals surface area contributed by atoms with Crippen molar-refractivity contribution < 1.29 is 24.1 Å². The second kappa shape index (κ2) is 10.7. The summed E-state index contributed by atoms with van der Waals surface area (Å²) in [6, 6.07) is 20.2. The zero-order valence-electron chi connectivity index (χ0n) is 18.8. The second-order valence-electron chi connectivity index (χ2n) is 7.39. The van der Waals surface area contributed by atoms with Gasteiger partial charge in [0.25, 0.3) is 5.19 Å². The van der Waals surface area contributed by atoms with E-state index >= 15 is 0 Å². The van der Waals surface area contributed by atoms with Crippen LogP contribution in [0.5, 0.6) is 16.7 Å². The maximum atomic E-state index is 11.2. The number of aromatic nitrogens is 1. The topological polar surface area (TPSA) is 89.9 Å². The predicted molar refractivity (Wildman–Crippen MR) is 135 cm³/mol. The lowest BCUT2D eigenvalue weighted by Crippen LogP contribution is -2.12. The van der Waals surface area contributed by atoms with Gasteiger partial charge in [-0.3, -0.25) is 0 Å². The van der Waals surface area contributed by atoms with Gasteiger partial charge in [-0.05, 0) is 47.5 Å². The maximum absolute atomic E-state index is 11.2. The number of rotatable bonds is 10. The fourth-order valence-electron chi connectivity index (χ4n) is 3.33. The summed E-state index contributed by atoms with van der Waals surface area (Å²) < 4.78 is 17.8. The number of methoxy groups -OCH3 is 2. The third-order valence-electron chi connectivity index (χ3n) is 5.09. The second-order valence-corrected chi connectivity index (χ2v) is 8.38. The van der Waals surface area contributed by atoms with E-state index in [4.69, 9.17) is 19.3 Å². The largest absolute Gasteiger partial charge is 0.493 e. The molecule has 4 aromatic rings. The third kappa shape index (κ3) is 5.65. The molecule has 0 aliphatic rings. The lowest BCUT2D eigenvalue weighted by atomic mass is 10.1. The summed E-state index contributed by atoms with van der Waals surface area (Å²) in [5.41, 5.74) is 3.84. The van der Waals surface area contributed by atoms with Crippen molar-refractivity contribution in [3.05, 3.63) is 83.4 Å². The molecule has 0 spiro atoms. The number of nitrogens with zero attached hydrogens (tertiary/aromatic N) is 1. The number of para-hydroxylation sites is 1. The molecule has 174 valence electrons. The monoisotopic (exact) mass is 476 g/mol. The quantitative estimate of drug-likeness (QED) is 0.308. The molecule has 0 amide bonds. The van der Waals surface area contributed by atoms with E-state index in [9.17, 15) is 4.79 Å². The molecule has 2 N–H and O–H groups in total. The summed E-state index contributed by atoms with van der Waals surface area (Å²) in [5.74, 6) is 0.333. The normalized spacial score (nSPS) is 11.3. The average Bonchev–Trinajstić information content (AvgIpc) is 3.28. The maximum Gasteiger partial charge on any atom is 0.335 e. The van der Waals surface area contributed by atoms with Crippen LogP contribution in [0.2, 0.25) is 0 Å². The van der Waals surface area contributed by atoms with Crippen molar-refractivity contribution in [1.82, 2.24) is 4.98 Å². The Labute approximate surface area is 201 Å². The summed E-state index contributed by atoms with van der Waals surface area (Å²) in [6.07, 6.45) is 1.98. The molecule has 0 aliphatic heterocycles. The Morgan fingerprint density at radius 3 is 2.50 bits per heavy atom. The van der Waals surface area contributed by atoms with Crippen LogP contribution < -0.4 is 19.5 Å². The Morgan fingerprint density at radius 1 is 1.03 bits per heavy atom. The van der Waals surface area contributed by atoms with Crippen LogP contribution in [0.25, 0.3) is 16.3 Å². The number of carbonyl (C=O) groups is 1. The minimum Gasteiger partial charge on any atom is -0.493 e. The van der Waals surface area contributed by atoms with E-state index in [0.29, 0.717) is 29.8 Å². The number of fused-ring (bicyclic) bond motifs is 1. The molecule has 1 aromatic heterocycles. The molecule has 3 aromatic carbocycles. The Kier molecular flexibility index (Phi) is 7.29. The van der Waals surface area contributed by atoms with Crippen molar-refractivity contribution in [3.8, 4) is 16.7 Å². The molecule has 4 rings (SSSR count). The highest BCUT2D eigenvalue weighted by Gasteiger charge is 2.09. The van der Waals surface area contributed by atoms with Gasteiger partial charge < -0.3 is 24.6 Å². The Bertz CT molecular complexity index is 1280. The number of carboxylic acids is 1. The number of benzene rings is 3. The molecular formula is C26H24N2O5S. The fourth-order valence-corrected chi connectivity index (χ4v) is 4.15. The number of ether oxygens (including phenoxy) is 3. The zero-order chi connectivity index (χ0) is 23.9. The molecule has 0 unspecified atom stereocenters. The van der Waals surface area contributed by atoms with Crippen LogP contribution >= 0.6 is 11.3 Å². The van der Waals surface area contributed by atoms with Gasteiger partial charge in [-0.15, -0.1) is 0 Å². The van der Waals surface area contributed by atoms with Gasteiger partial charge in [-0.2, -0.15) is 0 Å². The van der Waals surface area contributed by atoms with Gasteiger partial charge in [-0.1, -0.05) is 41.7 Å². The van der Waals surface area contributed by atoms with E-state index in [1.807, 2.05) is 48.5 Å². The van der Waals surface area contributed by atoms with Crippen LogP contribution in [-0.2, 0) is 0 Å². The van der Waals surface area contributed by atoms with Crippen LogP contribution in [0, 0.1) is 0 Å². The van der Waals surface area contributed by atoms with Gasteiger partial charge in [0.2, 0.25) is 0 Å². The Hall–Kier alpha value is -4.04. The summed E-state index contributed by atoms with van der Waals surface area (Å²) in [5, 5.41) is 13.1. The first-order valence-corrected chi connectivity index (χ1v) is 11.3. The molecule has 0 aliphatic carbocycles. The van der Waals surface area contributed by atoms with Gasteiger partial charge in [0, 0.05) is 18.3 Å². The van der Waals surface area contributed by atoms with Crippen LogP contribution in [0.1, 0.15) is 15.9 Å². The number of nitrogens with one attached hydrogen (secondary N) is 1. The first kappa shape index (κ1) is 23.1. The number of aromatic carboxylic acids is 1. The number of anilines is 1. The third-order valence-corrected chi connectivity index (χ3v) is 6.04. The van der Waals surface area contributed by atoms with Gasteiger partial charge in [0.1, 0.15) is 6.61 Å². The molecule has 0 atom stereocenters. The molecule has 1 heterocycles. The van der Waals surface area contributed by atoms with Crippen LogP contribution in [-0.4, -0.2) is 43.4 Å². The van der Waals surface area contributed by atoms with E-state index in [1.54, 1.807) is 38.5 Å². The molecule has 0 fully saturated rings. The van der Waals surface area contributed by atoms with E-state index in [-0.39, 0.29) is 5.56 Å². The van der Waals surface area contributed by atoms with Gasteiger partial charge >= 0.3 is 5.97 Å². The Morgan fingerprint density at radius 2 is 1.79 bits per heavy atom. The van der Waals surface area contributed by atoms with Crippen molar-refractivity contribution in [3.63, 3.8) is 0 Å². The Balaban J connectivity index is 1.53. The van der Waals surface area contributed by atoms with Crippen molar-refractivity contribution in [2.75, 3.05) is 32.7 Å². The van der Waals surface area contributed by atoms with Crippen LogP contribution in [0.4, 0.5) is 5.69 Å². The number of thiazole rings is 1. The minimum atomic E-state index is -0.954. The number of hydrogen-bond donors (Lipinski definition) is 2. The molecular weight excluding hydrogens is 452 g/mol. The van der Waals surface area contributed by atoms with E-state index < -0.39 is 5.97 Å². The lowest BCUT2D eigenvalue weighted by Gasteiger charge is -2.13. The predicted octanol–water partition coefficient (Wildman–Crippen LogP) is 5.59. The van der Waals surface area contributed by atoms with Crippen molar-refractivity contribution in [1.29, 1.82) is 0 Å². The summed E-state index contributed by atoms with van der Waals surface area (Å²) >= 11 is 1.50. The van der Waals surface area contributed by atoms with E-state index in [1.165, 1.54) is 11.3 Å². The SMILES string of the molecule is COc1ccc(NCC(=Cc2ccc(C(=O)O)cc2)COc2nc3ccccc3s2)cc1OC. The van der Waals surface area contributed by atoms with Crippen molar-refractivity contribution in [2.24, 2.45) is 0 Å². The lowest BCUT2D eigenvalue weighted by molar-refractivity contribution is 0.0697. The highest BCUT2D eigenvalue weighted by Crippen LogP contribution is 2.30. The molecule has 0 saturated carbocycles. The molecule has 8 heteroatoms. The highest BCUT2D eigenvalue weighted by atomic mass is 32.1. The first-order valence-electron chi connectivity index (χ1n) is 10.5. The summed E-state index contributed by atoms with van der Waals surface area (Å²) in [7, 11) is 3.19. The highest BCUT2D eigenvalue weighted by molar-refractivity contribution is 7.20. The molecule has 0 radical (unpaired) electrons. The zero-order valence-corrected chi connectivity index (χ0v) is 19.6. The molecule has 34 heavy (non-hydrogen) atoms. The van der Waals surface area contributed by atoms with Crippen LogP contribution in [0.3, 0.4) is 0 Å². The number of hydrogen-bond acceptors (Lipinski definition) is 7. The average molecular weight is 477 g/mol. The molecule has 0 saturated heterocycles. The minimum absolute atomic E-state index is 0.243. The fraction of sp³-hybridized carbons (Fsp3) is 0.154. The van der Waals surface area contributed by atoms with E-state index in [2.05, 4.69) is 10.3 Å². The first-order chi connectivity index (χ1) is 16.6. The smallest absolute Gasteiger partial charge is 0.335 e. The summed E-state index contributed by atoms with van der Waals surface area (Å²) in [6.45, 7) is 0.821. The van der Waals surface area contributed by atoms with Crippen molar-refractivity contribution >= 4 is 39.3 Å². The van der Waals surface area contributed by atoms with Crippen molar-refractivity contribution in [2.45, 2.75) is 0 Å².